The zero-order valence-corrected chi connectivity index (χ0v) is 13.3. The van der Waals surface area contributed by atoms with Crippen LogP contribution in [-0.2, 0) is 0 Å². The van der Waals surface area contributed by atoms with Crippen molar-refractivity contribution in [2.75, 3.05) is 26.2 Å². The SMILES string of the molecule is CC1CCCN(C(=O)c2cc(C3CCNCC3)ccc2F)C1. The summed E-state index contributed by atoms with van der Waals surface area (Å²) in [5.41, 5.74) is 1.36. The molecule has 0 aliphatic carbocycles. The van der Waals surface area contributed by atoms with Crippen molar-refractivity contribution in [2.24, 2.45) is 5.92 Å². The van der Waals surface area contributed by atoms with Crippen molar-refractivity contribution in [2.45, 2.75) is 38.5 Å². The van der Waals surface area contributed by atoms with Gasteiger partial charge < -0.3 is 10.2 Å². The quantitative estimate of drug-likeness (QED) is 0.910. The van der Waals surface area contributed by atoms with E-state index < -0.39 is 0 Å². The molecule has 2 saturated heterocycles. The van der Waals surface area contributed by atoms with Crippen molar-refractivity contribution in [3.63, 3.8) is 0 Å². The highest BCUT2D eigenvalue weighted by molar-refractivity contribution is 5.94. The second-order valence-electron chi connectivity index (χ2n) is 6.76. The van der Waals surface area contributed by atoms with Crippen molar-refractivity contribution in [3.8, 4) is 0 Å². The first-order chi connectivity index (χ1) is 10.6. The summed E-state index contributed by atoms with van der Waals surface area (Å²) < 4.78 is 14.2. The van der Waals surface area contributed by atoms with Crippen LogP contribution in [0.5, 0.6) is 0 Å². The van der Waals surface area contributed by atoms with Crippen LogP contribution in [0, 0.1) is 11.7 Å². The van der Waals surface area contributed by atoms with Crippen LogP contribution in [0.2, 0.25) is 0 Å². The topological polar surface area (TPSA) is 32.3 Å². The van der Waals surface area contributed by atoms with E-state index in [4.69, 9.17) is 0 Å². The number of hydrogen-bond acceptors (Lipinski definition) is 2. The lowest BCUT2D eigenvalue weighted by molar-refractivity contribution is 0.0678. The van der Waals surface area contributed by atoms with Gasteiger partial charge in [-0.05, 0) is 68.3 Å². The molecule has 1 atom stereocenters. The fourth-order valence-electron chi connectivity index (χ4n) is 3.66. The summed E-state index contributed by atoms with van der Waals surface area (Å²) in [6.07, 6.45) is 4.28. The molecule has 1 aromatic rings. The predicted molar refractivity (Wildman–Crippen MR) is 85.5 cm³/mol. The van der Waals surface area contributed by atoms with Crippen molar-refractivity contribution < 1.29 is 9.18 Å². The second-order valence-corrected chi connectivity index (χ2v) is 6.76. The van der Waals surface area contributed by atoms with E-state index in [1.165, 1.54) is 6.07 Å². The van der Waals surface area contributed by atoms with Gasteiger partial charge in [0.25, 0.3) is 5.91 Å². The first-order valence-electron chi connectivity index (χ1n) is 8.44. The number of nitrogens with zero attached hydrogens (tertiary/aromatic N) is 1. The Balaban J connectivity index is 1.81. The Bertz CT molecular complexity index is 540. The van der Waals surface area contributed by atoms with Gasteiger partial charge in [0.15, 0.2) is 0 Å². The lowest BCUT2D eigenvalue weighted by atomic mass is 9.89. The van der Waals surface area contributed by atoms with E-state index in [-0.39, 0.29) is 17.3 Å². The third kappa shape index (κ3) is 3.32. The largest absolute Gasteiger partial charge is 0.338 e. The van der Waals surface area contributed by atoms with Gasteiger partial charge in [-0.1, -0.05) is 13.0 Å². The van der Waals surface area contributed by atoms with Crippen LogP contribution < -0.4 is 5.32 Å². The Kier molecular flexibility index (Phi) is 4.77. The van der Waals surface area contributed by atoms with Gasteiger partial charge in [-0.2, -0.15) is 0 Å². The van der Waals surface area contributed by atoms with Crippen LogP contribution in [0.3, 0.4) is 0 Å². The molecule has 2 fully saturated rings. The maximum absolute atomic E-state index is 14.2. The number of carbonyl (C=O) groups excluding carboxylic acids is 1. The van der Waals surface area contributed by atoms with Crippen LogP contribution in [-0.4, -0.2) is 37.0 Å². The van der Waals surface area contributed by atoms with Crippen LogP contribution in [0.25, 0.3) is 0 Å². The Labute approximate surface area is 131 Å². The maximum atomic E-state index is 14.2. The molecule has 1 amide bonds. The zero-order valence-electron chi connectivity index (χ0n) is 13.3. The van der Waals surface area contributed by atoms with Crippen molar-refractivity contribution in [1.82, 2.24) is 10.2 Å². The molecule has 4 heteroatoms. The maximum Gasteiger partial charge on any atom is 0.256 e. The number of amides is 1. The fraction of sp³-hybridized carbons (Fsp3) is 0.611. The highest BCUT2D eigenvalue weighted by Crippen LogP contribution is 2.28. The van der Waals surface area contributed by atoms with E-state index >= 15 is 0 Å². The Morgan fingerprint density at radius 3 is 2.77 bits per heavy atom. The number of piperidine rings is 2. The van der Waals surface area contributed by atoms with Gasteiger partial charge in [0, 0.05) is 13.1 Å². The minimum absolute atomic E-state index is 0.139. The summed E-state index contributed by atoms with van der Waals surface area (Å²) in [4.78, 5) is 14.5. The molecule has 120 valence electrons. The molecule has 0 saturated carbocycles. The predicted octanol–water partition coefficient (Wildman–Crippen LogP) is 3.16. The first kappa shape index (κ1) is 15.5. The number of nitrogens with one attached hydrogen (secondary N) is 1. The summed E-state index contributed by atoms with van der Waals surface area (Å²) in [7, 11) is 0. The summed E-state index contributed by atoms with van der Waals surface area (Å²) in [5.74, 6) is 0.419. The van der Waals surface area contributed by atoms with E-state index in [9.17, 15) is 9.18 Å². The molecule has 1 unspecified atom stereocenters. The van der Waals surface area contributed by atoms with Gasteiger partial charge in [-0.3, -0.25) is 4.79 Å². The highest BCUT2D eigenvalue weighted by Gasteiger charge is 2.25. The van der Waals surface area contributed by atoms with Gasteiger partial charge in [-0.15, -0.1) is 0 Å². The molecule has 0 aromatic heterocycles. The van der Waals surface area contributed by atoms with Crippen LogP contribution in [0.4, 0.5) is 4.39 Å². The molecule has 3 rings (SSSR count). The normalized spacial score (nSPS) is 23.5. The minimum Gasteiger partial charge on any atom is -0.338 e. The smallest absolute Gasteiger partial charge is 0.256 e. The van der Waals surface area contributed by atoms with Crippen molar-refractivity contribution in [3.05, 3.63) is 35.1 Å². The van der Waals surface area contributed by atoms with E-state index in [1.807, 2.05) is 11.0 Å². The molecule has 1 aromatic carbocycles. The van der Waals surface area contributed by atoms with E-state index in [1.54, 1.807) is 6.07 Å². The monoisotopic (exact) mass is 304 g/mol. The van der Waals surface area contributed by atoms with Gasteiger partial charge in [-0.25, -0.2) is 4.39 Å². The molecule has 0 radical (unpaired) electrons. The van der Waals surface area contributed by atoms with E-state index in [0.29, 0.717) is 11.8 Å². The van der Waals surface area contributed by atoms with Crippen molar-refractivity contribution in [1.29, 1.82) is 0 Å². The van der Waals surface area contributed by atoms with Crippen LogP contribution in [0.15, 0.2) is 18.2 Å². The molecular formula is C18H25FN2O. The van der Waals surface area contributed by atoms with E-state index in [2.05, 4.69) is 12.2 Å². The van der Waals surface area contributed by atoms with Crippen LogP contribution in [0.1, 0.15) is 54.4 Å². The molecule has 3 nitrogen and oxygen atoms in total. The van der Waals surface area contributed by atoms with E-state index in [0.717, 1.165) is 57.4 Å². The Morgan fingerprint density at radius 2 is 2.05 bits per heavy atom. The molecular weight excluding hydrogens is 279 g/mol. The molecule has 0 spiro atoms. The molecule has 0 bridgehead atoms. The number of rotatable bonds is 2. The number of hydrogen-bond donors (Lipinski definition) is 1. The minimum atomic E-state index is -0.388. The highest BCUT2D eigenvalue weighted by atomic mass is 19.1. The molecule has 2 heterocycles. The Morgan fingerprint density at radius 1 is 1.27 bits per heavy atom. The second kappa shape index (κ2) is 6.78. The van der Waals surface area contributed by atoms with Gasteiger partial charge in [0.2, 0.25) is 0 Å². The molecule has 22 heavy (non-hydrogen) atoms. The summed E-state index contributed by atoms with van der Waals surface area (Å²) >= 11 is 0. The average molecular weight is 304 g/mol. The summed E-state index contributed by atoms with van der Waals surface area (Å²) in [6, 6.07) is 5.12. The third-order valence-electron chi connectivity index (χ3n) is 4.98. The first-order valence-corrected chi connectivity index (χ1v) is 8.44. The summed E-state index contributed by atoms with van der Waals surface area (Å²) in [6.45, 7) is 5.64. The molecule has 2 aliphatic heterocycles. The standard InChI is InChI=1S/C18H25FN2O/c1-13-3-2-10-21(12-13)18(22)16-11-15(4-5-17(16)19)14-6-8-20-9-7-14/h4-5,11,13-14,20H,2-3,6-10,12H2,1H3. The molecule has 1 N–H and O–H groups in total. The lowest BCUT2D eigenvalue weighted by Gasteiger charge is -2.31. The van der Waals surface area contributed by atoms with Gasteiger partial charge >= 0.3 is 0 Å². The zero-order chi connectivity index (χ0) is 15.5. The third-order valence-corrected chi connectivity index (χ3v) is 4.98. The van der Waals surface area contributed by atoms with Crippen molar-refractivity contribution >= 4 is 5.91 Å². The lowest BCUT2D eigenvalue weighted by Crippen LogP contribution is -2.39. The Hall–Kier alpha value is -1.42. The van der Waals surface area contributed by atoms with Gasteiger partial charge in [0.05, 0.1) is 5.56 Å². The number of benzene rings is 1. The average Bonchev–Trinajstić information content (AvgIpc) is 2.55. The number of carbonyl (C=O) groups is 1. The fourth-order valence-corrected chi connectivity index (χ4v) is 3.66. The van der Waals surface area contributed by atoms with Gasteiger partial charge in [0.1, 0.15) is 5.82 Å². The van der Waals surface area contributed by atoms with Crippen LogP contribution >= 0.6 is 0 Å². The molecule has 2 aliphatic rings. The summed E-state index contributed by atoms with van der Waals surface area (Å²) in [5, 5.41) is 3.34. The number of likely N-dealkylation sites (tertiary alicyclic amines) is 1. The number of halogens is 1.